The molecule has 0 atom stereocenters. The number of halogens is 9. The van der Waals surface area contributed by atoms with E-state index in [9.17, 15) is 39.5 Å². The maximum atomic E-state index is 11.9. The van der Waals surface area contributed by atoms with Crippen LogP contribution in [0.2, 0.25) is 19.6 Å². The lowest BCUT2D eigenvalue weighted by Crippen LogP contribution is -2.40. The Balaban J connectivity index is 0.000000561. The molecule has 1 aromatic heterocycles. The van der Waals surface area contributed by atoms with Gasteiger partial charge in [0, 0.05) is 11.4 Å². The summed E-state index contributed by atoms with van der Waals surface area (Å²) in [5, 5.41) is 0. The number of pyridine rings is 1. The first kappa shape index (κ1) is 22.7. The molecule has 0 unspecified atom stereocenters. The minimum Gasteiger partial charge on any atom is -0.257 e. The van der Waals surface area contributed by atoms with Crippen molar-refractivity contribution in [2.24, 2.45) is 0 Å². The Morgan fingerprint density at radius 3 is 1.25 bits per heavy atom. The van der Waals surface area contributed by atoms with Gasteiger partial charge in [-0.05, 0) is 12.1 Å². The van der Waals surface area contributed by atoms with Crippen molar-refractivity contribution in [3.8, 4) is 0 Å². The Hall–Kier alpha value is -1.26. The van der Waals surface area contributed by atoms with E-state index in [-0.39, 0.29) is 0 Å². The molecule has 0 aliphatic rings. The molecule has 0 aliphatic heterocycles. The summed E-state index contributed by atoms with van der Waals surface area (Å²) in [6.45, 7) is 3.85. The topological polar surface area (TPSA) is 12.9 Å². The highest BCUT2D eigenvalue weighted by Crippen LogP contribution is 2.27. The quantitative estimate of drug-likeness (QED) is 0.469. The monoisotopic (exact) mass is 385 g/mol. The molecule has 1 heterocycles. The van der Waals surface area contributed by atoms with Crippen LogP contribution in [0.3, 0.4) is 0 Å². The van der Waals surface area contributed by atoms with Gasteiger partial charge in [0.05, 0.1) is 12.8 Å². The predicted molar refractivity (Wildman–Crippen MR) is 73.2 cm³/mol. The SMILES string of the molecule is C[Si](C)(C)C(F)(F)F.FC(F)(F)Cc1cccc(CC(F)(F)F)n1. The van der Waals surface area contributed by atoms with Gasteiger partial charge in [0.2, 0.25) is 0 Å². The third kappa shape index (κ3) is 10.5. The highest BCUT2D eigenvalue weighted by Gasteiger charge is 2.45. The van der Waals surface area contributed by atoms with Crippen LogP contribution in [0.1, 0.15) is 11.4 Å². The third-order valence-electron chi connectivity index (χ3n) is 2.48. The summed E-state index contributed by atoms with van der Waals surface area (Å²) in [6.07, 6.45) is -11.6. The van der Waals surface area contributed by atoms with E-state index in [4.69, 9.17) is 0 Å². The zero-order valence-corrected chi connectivity index (χ0v) is 14.0. The summed E-state index contributed by atoms with van der Waals surface area (Å²) in [5.41, 5.74) is -0.816. The van der Waals surface area contributed by atoms with Crippen molar-refractivity contribution in [2.75, 3.05) is 0 Å². The molecule has 0 amide bonds. The fraction of sp³-hybridized carbons (Fsp3) is 0.615. The molecular weight excluding hydrogens is 369 g/mol. The average Bonchev–Trinajstić information content (AvgIpc) is 2.21. The lowest BCUT2D eigenvalue weighted by molar-refractivity contribution is -0.128. The third-order valence-corrected chi connectivity index (χ3v) is 4.18. The summed E-state index contributed by atoms with van der Waals surface area (Å²) in [7, 11) is -2.86. The van der Waals surface area contributed by atoms with Crippen LogP contribution in [0.4, 0.5) is 39.5 Å². The van der Waals surface area contributed by atoms with Gasteiger partial charge in [-0.25, -0.2) is 0 Å². The number of aromatic nitrogens is 1. The van der Waals surface area contributed by atoms with Gasteiger partial charge < -0.3 is 0 Å². The number of rotatable bonds is 2. The molecule has 0 aromatic carbocycles. The highest BCUT2D eigenvalue weighted by atomic mass is 28.3. The molecule has 24 heavy (non-hydrogen) atoms. The van der Waals surface area contributed by atoms with Gasteiger partial charge in [-0.2, -0.15) is 39.5 Å². The van der Waals surface area contributed by atoms with E-state index in [0.29, 0.717) is 0 Å². The van der Waals surface area contributed by atoms with E-state index in [1.807, 2.05) is 0 Å². The minimum absolute atomic E-state index is 0.408. The molecule has 11 heteroatoms. The molecule has 1 aromatic rings. The van der Waals surface area contributed by atoms with Crippen molar-refractivity contribution in [3.63, 3.8) is 0 Å². The average molecular weight is 385 g/mol. The zero-order chi connectivity index (χ0) is 19.4. The molecule has 0 spiro atoms. The highest BCUT2D eigenvalue weighted by molar-refractivity contribution is 6.77. The second-order valence-electron chi connectivity index (χ2n) is 5.95. The van der Waals surface area contributed by atoms with Gasteiger partial charge >= 0.3 is 18.2 Å². The molecule has 0 aliphatic carbocycles. The predicted octanol–water partition coefficient (Wildman–Crippen LogP) is 5.72. The van der Waals surface area contributed by atoms with Gasteiger partial charge in [-0.1, -0.05) is 25.7 Å². The Kier molecular flexibility index (Phi) is 7.34. The summed E-state index contributed by atoms with van der Waals surface area (Å²) in [5.74, 6) is -3.92. The van der Waals surface area contributed by atoms with E-state index in [1.54, 1.807) is 0 Å². The lowest BCUT2D eigenvalue weighted by Gasteiger charge is -2.19. The minimum atomic E-state index is -4.47. The first-order valence-electron chi connectivity index (χ1n) is 6.56. The molecule has 0 fully saturated rings. The van der Waals surface area contributed by atoms with Crippen LogP contribution in [-0.4, -0.2) is 31.2 Å². The van der Waals surface area contributed by atoms with E-state index in [1.165, 1.54) is 19.6 Å². The van der Waals surface area contributed by atoms with Crippen molar-refractivity contribution in [2.45, 2.75) is 50.6 Å². The van der Waals surface area contributed by atoms with Crippen molar-refractivity contribution in [3.05, 3.63) is 29.6 Å². The first-order valence-corrected chi connectivity index (χ1v) is 10.1. The summed E-state index contributed by atoms with van der Waals surface area (Å²) >= 11 is 0. The standard InChI is InChI=1S/C9H7F6N.C4H9F3Si/c10-8(11,12)4-6-2-1-3-7(16-6)5-9(13,14)15;1-8(2,3)4(5,6)7/h1-3H,4-5H2;1-3H3. The van der Waals surface area contributed by atoms with Gasteiger partial charge in [0.15, 0.2) is 8.07 Å². The Morgan fingerprint density at radius 2 is 1.04 bits per heavy atom. The number of hydrogen-bond donors (Lipinski definition) is 0. The van der Waals surface area contributed by atoms with Crippen molar-refractivity contribution in [1.29, 1.82) is 0 Å². The fourth-order valence-corrected chi connectivity index (χ4v) is 1.14. The molecular formula is C13H16F9NSi. The van der Waals surface area contributed by atoms with Gasteiger partial charge in [0.1, 0.15) is 0 Å². The molecule has 0 bridgehead atoms. The molecule has 1 rings (SSSR count). The Labute approximate surface area is 133 Å². The van der Waals surface area contributed by atoms with Crippen LogP contribution in [0, 0.1) is 0 Å². The van der Waals surface area contributed by atoms with Gasteiger partial charge in [-0.15, -0.1) is 0 Å². The Morgan fingerprint density at radius 1 is 0.750 bits per heavy atom. The summed E-state index contributed by atoms with van der Waals surface area (Å²) in [4.78, 5) is 3.30. The normalized spacial score (nSPS) is 13.3. The molecule has 0 radical (unpaired) electrons. The zero-order valence-electron chi connectivity index (χ0n) is 13.0. The maximum Gasteiger partial charge on any atom is 0.394 e. The van der Waals surface area contributed by atoms with E-state index < -0.39 is 50.5 Å². The van der Waals surface area contributed by atoms with E-state index in [0.717, 1.165) is 18.2 Å². The maximum absolute atomic E-state index is 11.9. The van der Waals surface area contributed by atoms with Crippen LogP contribution in [0.15, 0.2) is 18.2 Å². The fourth-order valence-electron chi connectivity index (χ4n) is 1.14. The second kappa shape index (κ2) is 7.75. The van der Waals surface area contributed by atoms with E-state index >= 15 is 0 Å². The lowest BCUT2D eigenvalue weighted by atomic mass is 10.2. The van der Waals surface area contributed by atoms with Crippen molar-refractivity contribution >= 4 is 8.07 Å². The smallest absolute Gasteiger partial charge is 0.257 e. The molecule has 0 N–H and O–H groups in total. The van der Waals surface area contributed by atoms with Gasteiger partial charge in [0.25, 0.3) is 0 Å². The van der Waals surface area contributed by atoms with Crippen molar-refractivity contribution in [1.82, 2.24) is 4.98 Å². The van der Waals surface area contributed by atoms with Crippen LogP contribution >= 0.6 is 0 Å². The van der Waals surface area contributed by atoms with Crippen LogP contribution < -0.4 is 0 Å². The molecule has 1 nitrogen and oxygen atoms in total. The van der Waals surface area contributed by atoms with Crippen LogP contribution in [0.25, 0.3) is 0 Å². The molecule has 0 saturated heterocycles. The largest absolute Gasteiger partial charge is 0.394 e. The molecule has 140 valence electrons. The second-order valence-corrected chi connectivity index (χ2v) is 11.0. The van der Waals surface area contributed by atoms with Crippen LogP contribution in [-0.2, 0) is 12.8 Å². The molecule has 0 saturated carbocycles. The number of alkyl halides is 9. The summed E-state index contributed by atoms with van der Waals surface area (Å²) < 4.78 is 107. The first-order chi connectivity index (χ1) is 10.4. The van der Waals surface area contributed by atoms with Crippen LogP contribution in [0.5, 0.6) is 0 Å². The number of nitrogens with zero attached hydrogens (tertiary/aromatic N) is 1. The summed E-state index contributed by atoms with van der Waals surface area (Å²) in [6, 6.07) is 3.23. The number of hydrogen-bond acceptors (Lipinski definition) is 1. The van der Waals surface area contributed by atoms with Crippen molar-refractivity contribution < 1.29 is 39.5 Å². The van der Waals surface area contributed by atoms with Gasteiger partial charge in [-0.3, -0.25) is 4.98 Å². The van der Waals surface area contributed by atoms with E-state index in [2.05, 4.69) is 4.98 Å². The Bertz CT molecular complexity index is 469.